The second-order valence-corrected chi connectivity index (χ2v) is 8.75. The van der Waals surface area contributed by atoms with E-state index in [1.54, 1.807) is 60.7 Å². The van der Waals surface area contributed by atoms with Crippen molar-refractivity contribution < 1.29 is 28.2 Å². The number of ether oxygens (including phenoxy) is 3. The van der Waals surface area contributed by atoms with Crippen molar-refractivity contribution in [2.24, 2.45) is 0 Å². The first kappa shape index (κ1) is 23.8. The molecule has 0 amide bonds. The number of alkyl halides is 1. The van der Waals surface area contributed by atoms with Crippen LogP contribution in [-0.4, -0.2) is 55.9 Å². The summed E-state index contributed by atoms with van der Waals surface area (Å²) in [5.41, 5.74) is -0.480. The van der Waals surface area contributed by atoms with Crippen LogP contribution in [0.4, 0.5) is 4.39 Å². The molecule has 0 unspecified atom stereocenters. The molecule has 0 aliphatic carbocycles. The Morgan fingerprint density at radius 2 is 1.67 bits per heavy atom. The lowest BCUT2D eigenvalue weighted by molar-refractivity contribution is -0.120. The van der Waals surface area contributed by atoms with E-state index < -0.39 is 36.0 Å². The summed E-state index contributed by atoms with van der Waals surface area (Å²) in [5, 5.41) is 0.0961. The highest BCUT2D eigenvalue weighted by atomic mass is 35.5. The Bertz CT molecular complexity index is 1400. The predicted octanol–water partition coefficient (Wildman–Crippen LogP) is 4.19. The quantitative estimate of drug-likeness (QED) is 0.281. The average Bonchev–Trinajstić information content (AvgIpc) is 3.44. The van der Waals surface area contributed by atoms with Crippen LogP contribution >= 0.6 is 11.6 Å². The van der Waals surface area contributed by atoms with Crippen LogP contribution < -0.4 is 0 Å². The molecule has 4 atom stereocenters. The predicted molar refractivity (Wildman–Crippen MR) is 126 cm³/mol. The molecule has 0 radical (unpaired) electrons. The zero-order valence-corrected chi connectivity index (χ0v) is 19.7. The lowest BCUT2D eigenvalue weighted by Gasteiger charge is -2.29. The summed E-state index contributed by atoms with van der Waals surface area (Å²) in [6.07, 6.45) is -2.04. The third-order valence-corrected chi connectivity index (χ3v) is 6.16. The summed E-state index contributed by atoms with van der Waals surface area (Å²) in [6, 6.07) is 16.5. The van der Waals surface area contributed by atoms with E-state index in [4.69, 9.17) is 25.8 Å². The molecule has 0 bridgehead atoms. The molecule has 9 nitrogen and oxygen atoms in total. The van der Waals surface area contributed by atoms with Gasteiger partial charge in [0.15, 0.2) is 29.3 Å². The SMILES string of the molecule is C[C@]1(COC(=O)c2ccccc2)O[C@@H](n2cnc3c(Cl)ncnc32)[C@@H](F)[C@@H]1OC(=O)c1ccccc1. The number of rotatable bonds is 6. The van der Waals surface area contributed by atoms with Crippen LogP contribution in [-0.2, 0) is 14.2 Å². The molecular weight excluding hydrogens is 491 g/mol. The Kier molecular flexibility index (Phi) is 6.38. The van der Waals surface area contributed by atoms with Crippen molar-refractivity contribution in [3.05, 3.63) is 89.6 Å². The van der Waals surface area contributed by atoms with Crippen molar-refractivity contribution in [2.45, 2.75) is 31.0 Å². The van der Waals surface area contributed by atoms with Gasteiger partial charge in [-0.3, -0.25) is 4.57 Å². The van der Waals surface area contributed by atoms with E-state index in [1.165, 1.54) is 24.1 Å². The summed E-state index contributed by atoms with van der Waals surface area (Å²) in [6.45, 7) is 1.13. The van der Waals surface area contributed by atoms with Gasteiger partial charge in [0.25, 0.3) is 0 Å². The second kappa shape index (κ2) is 9.63. The highest BCUT2D eigenvalue weighted by Crippen LogP contribution is 2.42. The standard InChI is InChI=1S/C25H20ClFN4O5/c1-25(12-34-23(32)15-8-4-2-5-9-15)19(35-24(33)16-10-6-3-7-11-16)17(27)22(36-25)31-14-30-18-20(26)28-13-29-21(18)31/h2-11,13-14,17,19,22H,12H2,1H3/t17-,19-,22+,25+/m0/s1. The molecular formula is C25H20ClFN4O5. The normalized spacial score (nSPS) is 23.5. The molecule has 3 heterocycles. The number of hydrogen-bond acceptors (Lipinski definition) is 8. The molecule has 184 valence electrons. The minimum absolute atomic E-state index is 0.0961. The fraction of sp³-hybridized carbons (Fsp3) is 0.240. The summed E-state index contributed by atoms with van der Waals surface area (Å²) in [4.78, 5) is 37.6. The van der Waals surface area contributed by atoms with E-state index in [0.717, 1.165) is 0 Å². The highest BCUT2D eigenvalue weighted by molar-refractivity contribution is 6.33. The van der Waals surface area contributed by atoms with Gasteiger partial charge in [0.05, 0.1) is 17.5 Å². The Morgan fingerprint density at radius 3 is 2.33 bits per heavy atom. The van der Waals surface area contributed by atoms with Crippen LogP contribution in [0.25, 0.3) is 11.2 Å². The van der Waals surface area contributed by atoms with Crippen molar-refractivity contribution in [2.75, 3.05) is 6.61 Å². The molecule has 1 aliphatic rings. The number of esters is 2. The summed E-state index contributed by atoms with van der Waals surface area (Å²) in [7, 11) is 0. The van der Waals surface area contributed by atoms with E-state index in [2.05, 4.69) is 15.0 Å². The zero-order valence-electron chi connectivity index (χ0n) is 19.0. The lowest BCUT2D eigenvalue weighted by atomic mass is 9.98. The molecule has 0 spiro atoms. The van der Waals surface area contributed by atoms with Crippen LogP contribution in [0, 0.1) is 0 Å². The maximum atomic E-state index is 16.0. The molecule has 36 heavy (non-hydrogen) atoms. The average molecular weight is 511 g/mol. The number of imidazole rings is 1. The summed E-state index contributed by atoms with van der Waals surface area (Å²) in [5.74, 6) is -1.37. The Hall–Kier alpha value is -3.89. The molecule has 1 saturated heterocycles. The van der Waals surface area contributed by atoms with E-state index >= 15 is 4.39 Å². The first-order valence-electron chi connectivity index (χ1n) is 11.0. The Balaban J connectivity index is 1.45. The molecule has 0 saturated carbocycles. The maximum Gasteiger partial charge on any atom is 0.338 e. The first-order chi connectivity index (χ1) is 17.4. The Morgan fingerprint density at radius 1 is 1.03 bits per heavy atom. The van der Waals surface area contributed by atoms with Crippen LogP contribution in [0.3, 0.4) is 0 Å². The van der Waals surface area contributed by atoms with Crippen LogP contribution in [0.5, 0.6) is 0 Å². The van der Waals surface area contributed by atoms with Crippen molar-refractivity contribution in [1.29, 1.82) is 0 Å². The van der Waals surface area contributed by atoms with Gasteiger partial charge >= 0.3 is 11.9 Å². The number of carbonyl (C=O) groups is 2. The molecule has 1 aliphatic heterocycles. The molecule has 11 heteroatoms. The Labute approximate surface area is 209 Å². The van der Waals surface area contributed by atoms with E-state index in [9.17, 15) is 9.59 Å². The number of nitrogens with zero attached hydrogens (tertiary/aromatic N) is 4. The van der Waals surface area contributed by atoms with E-state index in [-0.39, 0.29) is 28.5 Å². The number of halogens is 2. The number of aromatic nitrogens is 4. The third kappa shape index (κ3) is 4.40. The van der Waals surface area contributed by atoms with Gasteiger partial charge in [-0.15, -0.1) is 0 Å². The van der Waals surface area contributed by atoms with E-state index in [1.807, 2.05) is 0 Å². The number of hydrogen-bond donors (Lipinski definition) is 0. The molecule has 0 N–H and O–H groups in total. The lowest BCUT2D eigenvalue weighted by Crippen LogP contribution is -2.46. The van der Waals surface area contributed by atoms with Crippen molar-refractivity contribution in [3.63, 3.8) is 0 Å². The van der Waals surface area contributed by atoms with Crippen LogP contribution in [0.15, 0.2) is 73.3 Å². The second-order valence-electron chi connectivity index (χ2n) is 8.39. The van der Waals surface area contributed by atoms with Gasteiger partial charge in [-0.05, 0) is 31.2 Å². The topological polar surface area (TPSA) is 105 Å². The smallest absolute Gasteiger partial charge is 0.338 e. The van der Waals surface area contributed by atoms with Crippen LogP contribution in [0.2, 0.25) is 5.15 Å². The minimum Gasteiger partial charge on any atom is -0.459 e. The van der Waals surface area contributed by atoms with Gasteiger partial charge in [-0.2, -0.15) is 0 Å². The van der Waals surface area contributed by atoms with Crippen LogP contribution in [0.1, 0.15) is 33.9 Å². The van der Waals surface area contributed by atoms with Gasteiger partial charge in [-0.1, -0.05) is 48.0 Å². The van der Waals surface area contributed by atoms with E-state index in [0.29, 0.717) is 5.56 Å². The number of carbonyl (C=O) groups excluding carboxylic acids is 2. The minimum atomic E-state index is -1.86. The first-order valence-corrected chi connectivity index (χ1v) is 11.4. The molecule has 4 aromatic rings. The van der Waals surface area contributed by atoms with Gasteiger partial charge in [0, 0.05) is 0 Å². The summed E-state index contributed by atoms with van der Waals surface area (Å²) >= 11 is 6.09. The fourth-order valence-electron chi connectivity index (χ4n) is 4.04. The van der Waals surface area contributed by atoms with Crippen molar-refractivity contribution in [3.8, 4) is 0 Å². The zero-order chi connectivity index (χ0) is 25.3. The molecule has 5 rings (SSSR count). The summed E-state index contributed by atoms with van der Waals surface area (Å²) < 4.78 is 34.5. The largest absolute Gasteiger partial charge is 0.459 e. The fourth-order valence-corrected chi connectivity index (χ4v) is 4.22. The molecule has 2 aromatic heterocycles. The highest BCUT2D eigenvalue weighted by Gasteiger charge is 2.57. The molecule has 2 aromatic carbocycles. The van der Waals surface area contributed by atoms with Gasteiger partial charge in [0.1, 0.15) is 24.1 Å². The number of fused-ring (bicyclic) bond motifs is 1. The van der Waals surface area contributed by atoms with Gasteiger partial charge in [0.2, 0.25) is 0 Å². The van der Waals surface area contributed by atoms with Crippen molar-refractivity contribution in [1.82, 2.24) is 19.5 Å². The third-order valence-electron chi connectivity index (χ3n) is 5.88. The monoisotopic (exact) mass is 510 g/mol. The van der Waals surface area contributed by atoms with Gasteiger partial charge < -0.3 is 14.2 Å². The van der Waals surface area contributed by atoms with Gasteiger partial charge in [-0.25, -0.2) is 28.9 Å². The number of benzene rings is 2. The van der Waals surface area contributed by atoms with Crippen molar-refractivity contribution >= 4 is 34.7 Å². The molecule has 1 fully saturated rings. The maximum absolute atomic E-state index is 16.0.